The number of fused-ring (bicyclic) bond motifs is 1. The summed E-state index contributed by atoms with van der Waals surface area (Å²) in [5.74, 6) is 1.30. The lowest BCUT2D eigenvalue weighted by molar-refractivity contribution is 0.0818. The topological polar surface area (TPSA) is 46.3 Å². The first-order valence-electron chi connectivity index (χ1n) is 8.50. The van der Waals surface area contributed by atoms with Gasteiger partial charge in [0, 0.05) is 29.7 Å². The predicted molar refractivity (Wildman–Crippen MR) is 98.2 cm³/mol. The average Bonchev–Trinajstić information content (AvgIpc) is 3.06. The SMILES string of the molecule is COc1ccc2c(CCNCc3cccc(OCC(F)F)c3)c[nH]c2c1. The van der Waals surface area contributed by atoms with Crippen molar-refractivity contribution in [1.29, 1.82) is 0 Å². The zero-order valence-electron chi connectivity index (χ0n) is 14.6. The van der Waals surface area contributed by atoms with E-state index >= 15 is 0 Å². The van der Waals surface area contributed by atoms with Gasteiger partial charge in [0.25, 0.3) is 6.43 Å². The fraction of sp³-hybridized carbons (Fsp3) is 0.300. The van der Waals surface area contributed by atoms with Crippen LogP contribution < -0.4 is 14.8 Å². The van der Waals surface area contributed by atoms with E-state index in [-0.39, 0.29) is 0 Å². The van der Waals surface area contributed by atoms with E-state index in [9.17, 15) is 8.78 Å². The Morgan fingerprint density at radius 2 is 2.00 bits per heavy atom. The van der Waals surface area contributed by atoms with E-state index in [2.05, 4.69) is 16.4 Å². The molecule has 1 heterocycles. The Labute approximate surface area is 151 Å². The second-order valence-electron chi connectivity index (χ2n) is 6.00. The zero-order valence-corrected chi connectivity index (χ0v) is 14.6. The summed E-state index contributed by atoms with van der Waals surface area (Å²) in [4.78, 5) is 3.27. The molecule has 4 nitrogen and oxygen atoms in total. The lowest BCUT2D eigenvalue weighted by Gasteiger charge is -2.08. The van der Waals surface area contributed by atoms with Crippen LogP contribution in [-0.2, 0) is 13.0 Å². The minimum absolute atomic E-state index is 0.468. The van der Waals surface area contributed by atoms with Crippen LogP contribution in [0.15, 0.2) is 48.7 Å². The van der Waals surface area contributed by atoms with E-state index < -0.39 is 13.0 Å². The van der Waals surface area contributed by atoms with Crippen molar-refractivity contribution < 1.29 is 18.3 Å². The molecule has 0 aliphatic heterocycles. The van der Waals surface area contributed by atoms with Crippen LogP contribution in [0.5, 0.6) is 11.5 Å². The summed E-state index contributed by atoms with van der Waals surface area (Å²) in [5, 5.41) is 4.57. The number of H-pyrrole nitrogens is 1. The largest absolute Gasteiger partial charge is 0.497 e. The molecule has 0 amide bonds. The Balaban J connectivity index is 1.50. The van der Waals surface area contributed by atoms with Gasteiger partial charge in [0.15, 0.2) is 0 Å². The minimum Gasteiger partial charge on any atom is -0.497 e. The molecular weight excluding hydrogens is 338 g/mol. The number of halogens is 2. The van der Waals surface area contributed by atoms with Crippen LogP contribution in [0.3, 0.4) is 0 Å². The molecule has 0 aliphatic rings. The number of alkyl halides is 2. The van der Waals surface area contributed by atoms with Gasteiger partial charge in [-0.1, -0.05) is 12.1 Å². The Morgan fingerprint density at radius 1 is 1.12 bits per heavy atom. The molecule has 26 heavy (non-hydrogen) atoms. The first-order chi connectivity index (χ1) is 12.7. The summed E-state index contributed by atoms with van der Waals surface area (Å²) in [6, 6.07) is 13.2. The highest BCUT2D eigenvalue weighted by molar-refractivity contribution is 5.84. The molecule has 0 aliphatic carbocycles. The van der Waals surface area contributed by atoms with Gasteiger partial charge in [-0.3, -0.25) is 0 Å². The smallest absolute Gasteiger partial charge is 0.272 e. The van der Waals surface area contributed by atoms with Crippen molar-refractivity contribution in [2.45, 2.75) is 19.4 Å². The number of nitrogens with one attached hydrogen (secondary N) is 2. The number of methoxy groups -OCH3 is 1. The normalized spacial score (nSPS) is 11.2. The summed E-state index contributed by atoms with van der Waals surface area (Å²) < 4.78 is 34.7. The number of ether oxygens (including phenoxy) is 2. The van der Waals surface area contributed by atoms with E-state index in [0.29, 0.717) is 12.3 Å². The van der Waals surface area contributed by atoms with Crippen molar-refractivity contribution in [1.82, 2.24) is 10.3 Å². The molecule has 2 aromatic carbocycles. The van der Waals surface area contributed by atoms with Gasteiger partial charge >= 0.3 is 0 Å². The number of aromatic nitrogens is 1. The van der Waals surface area contributed by atoms with Gasteiger partial charge in [0.1, 0.15) is 18.1 Å². The van der Waals surface area contributed by atoms with Crippen LogP contribution >= 0.6 is 0 Å². The summed E-state index contributed by atoms with van der Waals surface area (Å²) in [6.07, 6.45) is 0.436. The highest BCUT2D eigenvalue weighted by atomic mass is 19.3. The van der Waals surface area contributed by atoms with Crippen molar-refractivity contribution in [3.63, 3.8) is 0 Å². The molecule has 0 radical (unpaired) electrons. The Bertz CT molecular complexity index is 849. The van der Waals surface area contributed by atoms with Crippen molar-refractivity contribution in [3.05, 3.63) is 59.8 Å². The molecule has 0 spiro atoms. The molecule has 0 saturated heterocycles. The van der Waals surface area contributed by atoms with Crippen LogP contribution in [0.25, 0.3) is 10.9 Å². The monoisotopic (exact) mass is 360 g/mol. The molecule has 1 aromatic heterocycles. The fourth-order valence-electron chi connectivity index (χ4n) is 2.86. The summed E-state index contributed by atoms with van der Waals surface area (Å²) >= 11 is 0. The molecular formula is C20H22F2N2O2. The maximum atomic E-state index is 12.2. The van der Waals surface area contributed by atoms with Crippen LogP contribution in [0, 0.1) is 0 Å². The second kappa shape index (κ2) is 8.67. The Morgan fingerprint density at radius 3 is 2.81 bits per heavy atom. The van der Waals surface area contributed by atoms with Crippen molar-refractivity contribution in [3.8, 4) is 11.5 Å². The van der Waals surface area contributed by atoms with Gasteiger partial charge in [0.2, 0.25) is 0 Å². The second-order valence-corrected chi connectivity index (χ2v) is 6.00. The Kier molecular flexibility index (Phi) is 6.07. The van der Waals surface area contributed by atoms with Gasteiger partial charge < -0.3 is 19.8 Å². The van der Waals surface area contributed by atoms with E-state index in [4.69, 9.17) is 9.47 Å². The van der Waals surface area contributed by atoms with Gasteiger partial charge in [-0.15, -0.1) is 0 Å². The summed E-state index contributed by atoms with van der Waals surface area (Å²) in [6.45, 7) is 0.880. The molecule has 6 heteroatoms. The number of aromatic amines is 1. The summed E-state index contributed by atoms with van der Waals surface area (Å²) in [7, 11) is 1.66. The van der Waals surface area contributed by atoms with Crippen LogP contribution in [0.1, 0.15) is 11.1 Å². The van der Waals surface area contributed by atoms with E-state index in [0.717, 1.165) is 29.8 Å². The van der Waals surface area contributed by atoms with Gasteiger partial charge in [-0.2, -0.15) is 0 Å². The maximum absolute atomic E-state index is 12.2. The number of hydrogen-bond donors (Lipinski definition) is 2. The van der Waals surface area contributed by atoms with Crippen molar-refractivity contribution in [2.24, 2.45) is 0 Å². The first kappa shape index (κ1) is 18.2. The highest BCUT2D eigenvalue weighted by Crippen LogP contribution is 2.23. The third kappa shape index (κ3) is 4.73. The predicted octanol–water partition coefficient (Wildman–Crippen LogP) is 4.15. The van der Waals surface area contributed by atoms with Gasteiger partial charge in [-0.05, 0) is 48.4 Å². The van der Waals surface area contributed by atoms with Gasteiger partial charge in [0.05, 0.1) is 7.11 Å². The minimum atomic E-state index is -2.46. The molecule has 3 aromatic rings. The first-order valence-corrected chi connectivity index (χ1v) is 8.50. The lowest BCUT2D eigenvalue weighted by atomic mass is 10.1. The average molecular weight is 360 g/mol. The molecule has 138 valence electrons. The number of hydrogen-bond acceptors (Lipinski definition) is 3. The Hall–Kier alpha value is -2.60. The van der Waals surface area contributed by atoms with E-state index in [1.54, 1.807) is 19.2 Å². The zero-order chi connectivity index (χ0) is 18.4. The molecule has 2 N–H and O–H groups in total. The molecule has 3 rings (SSSR count). The lowest BCUT2D eigenvalue weighted by Crippen LogP contribution is -2.16. The highest BCUT2D eigenvalue weighted by Gasteiger charge is 2.06. The van der Waals surface area contributed by atoms with E-state index in [1.807, 2.05) is 30.5 Å². The van der Waals surface area contributed by atoms with Crippen molar-refractivity contribution in [2.75, 3.05) is 20.3 Å². The molecule has 0 atom stereocenters. The van der Waals surface area contributed by atoms with Crippen LogP contribution in [0.2, 0.25) is 0 Å². The molecule has 0 saturated carbocycles. The molecule has 0 bridgehead atoms. The van der Waals surface area contributed by atoms with Crippen LogP contribution in [-0.4, -0.2) is 31.7 Å². The van der Waals surface area contributed by atoms with E-state index in [1.165, 1.54) is 10.9 Å². The third-order valence-electron chi connectivity index (χ3n) is 4.15. The number of rotatable bonds is 9. The van der Waals surface area contributed by atoms with Gasteiger partial charge in [-0.25, -0.2) is 8.78 Å². The summed E-state index contributed by atoms with van der Waals surface area (Å²) in [5.41, 5.74) is 3.30. The molecule has 0 fully saturated rings. The quantitative estimate of drug-likeness (QED) is 0.564. The number of benzene rings is 2. The molecule has 0 unspecified atom stereocenters. The third-order valence-corrected chi connectivity index (χ3v) is 4.15. The fourth-order valence-corrected chi connectivity index (χ4v) is 2.86. The van der Waals surface area contributed by atoms with Crippen molar-refractivity contribution >= 4 is 10.9 Å². The standard InChI is InChI=1S/C20H22F2N2O2/c1-25-16-5-6-18-15(12-24-19(18)10-16)7-8-23-11-14-3-2-4-17(9-14)26-13-20(21)22/h2-6,9-10,12,20,23-24H,7-8,11,13H2,1H3. The van der Waals surface area contributed by atoms with Crippen LogP contribution in [0.4, 0.5) is 8.78 Å². The maximum Gasteiger partial charge on any atom is 0.272 e.